The fraction of sp³-hybridized carbons (Fsp3) is 0.286. The van der Waals surface area contributed by atoms with Gasteiger partial charge in [0.05, 0.1) is 0 Å². The summed E-state index contributed by atoms with van der Waals surface area (Å²) in [4.78, 5) is 11.5. The van der Waals surface area contributed by atoms with Gasteiger partial charge in [0.1, 0.15) is 0 Å². The fourth-order valence-electron chi connectivity index (χ4n) is 3.53. The maximum absolute atomic E-state index is 11.5. The maximum atomic E-state index is 11.5. The van der Waals surface area contributed by atoms with Gasteiger partial charge in [0.25, 0.3) is 0 Å². The number of anilines is 1. The number of hydrogen-bond donors (Lipinski definition) is 1. The predicted octanol–water partition coefficient (Wildman–Crippen LogP) is 5.29. The van der Waals surface area contributed by atoms with Gasteiger partial charge < -0.3 is 5.32 Å². The van der Waals surface area contributed by atoms with Crippen LogP contribution in [0.1, 0.15) is 43.9 Å². The summed E-state index contributed by atoms with van der Waals surface area (Å²) in [5.74, 6) is -0.0319. The lowest BCUT2D eigenvalue weighted by Crippen LogP contribution is -2.26. The van der Waals surface area contributed by atoms with E-state index in [0.717, 1.165) is 17.7 Å². The molecule has 1 aliphatic rings. The minimum Gasteiger partial charge on any atom is -0.326 e. The Morgan fingerprint density at radius 3 is 2.39 bits per heavy atom. The lowest BCUT2D eigenvalue weighted by atomic mass is 9.62. The molecule has 2 nitrogen and oxygen atoms in total. The first-order valence-electron chi connectivity index (χ1n) is 8.06. The maximum Gasteiger partial charge on any atom is 0.221 e. The molecule has 0 aromatic heterocycles. The number of amides is 1. The van der Waals surface area contributed by atoms with E-state index in [1.54, 1.807) is 6.92 Å². The van der Waals surface area contributed by atoms with Crippen molar-refractivity contribution in [2.24, 2.45) is 5.41 Å². The van der Waals surface area contributed by atoms with Crippen LogP contribution in [0.4, 0.5) is 5.69 Å². The van der Waals surface area contributed by atoms with E-state index in [2.05, 4.69) is 56.4 Å². The number of carbonyl (C=O) groups is 1. The molecular weight excluding hydrogens is 282 g/mol. The minimum atomic E-state index is -0.0319. The smallest absolute Gasteiger partial charge is 0.221 e. The standard InChI is InChI=1S/C21H23NO/c1-14-10-11-19(22-15(2)23)17(12-14)18-13-21(3,4)20(18)16-8-6-5-7-9-16/h5-12H,13H2,1-4H3,(H,22,23). The van der Waals surface area contributed by atoms with Crippen molar-refractivity contribution in [2.75, 3.05) is 5.32 Å². The van der Waals surface area contributed by atoms with Gasteiger partial charge >= 0.3 is 0 Å². The fourth-order valence-corrected chi connectivity index (χ4v) is 3.53. The van der Waals surface area contributed by atoms with Gasteiger partial charge in [-0.25, -0.2) is 0 Å². The molecule has 3 rings (SSSR count). The molecule has 0 atom stereocenters. The normalized spacial score (nSPS) is 16.0. The number of allylic oxidation sites excluding steroid dienone is 2. The number of hydrogen-bond acceptors (Lipinski definition) is 1. The number of benzene rings is 2. The summed E-state index contributed by atoms with van der Waals surface area (Å²) in [6.45, 7) is 8.22. The van der Waals surface area contributed by atoms with Crippen molar-refractivity contribution >= 4 is 22.7 Å². The van der Waals surface area contributed by atoms with Crippen LogP contribution < -0.4 is 5.32 Å². The summed E-state index contributed by atoms with van der Waals surface area (Å²) in [5.41, 5.74) is 7.42. The molecule has 0 radical (unpaired) electrons. The number of rotatable bonds is 3. The van der Waals surface area contributed by atoms with Gasteiger partial charge in [0.2, 0.25) is 5.91 Å². The van der Waals surface area contributed by atoms with E-state index in [-0.39, 0.29) is 11.3 Å². The highest BCUT2D eigenvalue weighted by Gasteiger charge is 2.38. The largest absolute Gasteiger partial charge is 0.326 e. The van der Waals surface area contributed by atoms with Crippen LogP contribution >= 0.6 is 0 Å². The molecule has 1 aliphatic carbocycles. The van der Waals surface area contributed by atoms with E-state index < -0.39 is 0 Å². The summed E-state index contributed by atoms with van der Waals surface area (Å²) >= 11 is 0. The van der Waals surface area contributed by atoms with Crippen molar-refractivity contribution in [3.63, 3.8) is 0 Å². The zero-order valence-electron chi connectivity index (χ0n) is 14.2. The van der Waals surface area contributed by atoms with Gasteiger partial charge in [-0.05, 0) is 47.6 Å². The molecule has 1 amide bonds. The Bertz CT molecular complexity index is 785. The predicted molar refractivity (Wildman–Crippen MR) is 97.1 cm³/mol. The molecule has 2 aromatic carbocycles. The van der Waals surface area contributed by atoms with Crippen molar-refractivity contribution < 1.29 is 4.79 Å². The van der Waals surface area contributed by atoms with Crippen molar-refractivity contribution in [3.05, 3.63) is 65.2 Å². The summed E-state index contributed by atoms with van der Waals surface area (Å²) < 4.78 is 0. The van der Waals surface area contributed by atoms with Crippen molar-refractivity contribution in [2.45, 2.75) is 34.1 Å². The van der Waals surface area contributed by atoms with Crippen LogP contribution in [0, 0.1) is 12.3 Å². The lowest BCUT2D eigenvalue weighted by molar-refractivity contribution is -0.114. The topological polar surface area (TPSA) is 29.1 Å². The molecule has 0 bridgehead atoms. The molecule has 118 valence electrons. The Labute approximate surface area is 138 Å². The van der Waals surface area contributed by atoms with Gasteiger partial charge in [-0.15, -0.1) is 0 Å². The van der Waals surface area contributed by atoms with Crippen molar-refractivity contribution in [3.8, 4) is 0 Å². The number of aryl methyl sites for hydroxylation is 1. The molecule has 0 saturated carbocycles. The molecule has 1 N–H and O–H groups in total. The summed E-state index contributed by atoms with van der Waals surface area (Å²) in [6.07, 6.45) is 1.02. The van der Waals surface area contributed by atoms with Crippen LogP contribution in [0.25, 0.3) is 11.1 Å². The minimum absolute atomic E-state index is 0.0319. The molecule has 2 aromatic rings. The molecule has 0 aliphatic heterocycles. The first kappa shape index (κ1) is 15.5. The van der Waals surface area contributed by atoms with Crippen LogP contribution in [0.15, 0.2) is 48.5 Å². The zero-order valence-corrected chi connectivity index (χ0v) is 14.2. The Kier molecular flexibility index (Phi) is 3.85. The van der Waals surface area contributed by atoms with Crippen LogP contribution in [0.5, 0.6) is 0 Å². The second-order valence-corrected chi connectivity index (χ2v) is 7.01. The summed E-state index contributed by atoms with van der Waals surface area (Å²) in [5, 5.41) is 2.98. The molecule has 2 heteroatoms. The average Bonchev–Trinajstić information content (AvgIpc) is 2.47. The second kappa shape index (κ2) is 5.69. The highest BCUT2D eigenvalue weighted by Crippen LogP contribution is 2.56. The van der Waals surface area contributed by atoms with E-state index in [0.29, 0.717) is 0 Å². The third-order valence-corrected chi connectivity index (χ3v) is 4.47. The Morgan fingerprint density at radius 2 is 1.78 bits per heavy atom. The molecule has 0 spiro atoms. The molecule has 0 saturated heterocycles. The summed E-state index contributed by atoms with van der Waals surface area (Å²) in [6, 6.07) is 16.8. The Hall–Kier alpha value is -2.35. The molecule has 0 fully saturated rings. The quantitative estimate of drug-likeness (QED) is 0.819. The van der Waals surface area contributed by atoms with Crippen molar-refractivity contribution in [1.82, 2.24) is 0 Å². The second-order valence-electron chi connectivity index (χ2n) is 7.01. The molecule has 0 unspecified atom stereocenters. The van der Waals surface area contributed by atoms with Crippen molar-refractivity contribution in [1.29, 1.82) is 0 Å². The SMILES string of the molecule is CC(=O)Nc1ccc(C)cc1C1=C(c2ccccc2)C(C)(C)C1. The van der Waals surface area contributed by atoms with Gasteiger partial charge in [-0.2, -0.15) is 0 Å². The highest BCUT2D eigenvalue weighted by molar-refractivity contribution is 6.04. The van der Waals surface area contributed by atoms with Gasteiger partial charge in [0, 0.05) is 18.2 Å². The number of carbonyl (C=O) groups excluding carboxylic acids is 1. The monoisotopic (exact) mass is 305 g/mol. The van der Waals surface area contributed by atoms with Gasteiger partial charge in [-0.3, -0.25) is 4.79 Å². The van der Waals surface area contributed by atoms with Crippen LogP contribution in [0.2, 0.25) is 0 Å². The van der Waals surface area contributed by atoms with E-state index in [9.17, 15) is 4.79 Å². The average molecular weight is 305 g/mol. The Morgan fingerprint density at radius 1 is 1.09 bits per heavy atom. The lowest BCUT2D eigenvalue weighted by Gasteiger charge is -2.42. The molecule has 0 heterocycles. The van der Waals surface area contributed by atoms with Crippen LogP contribution in [0.3, 0.4) is 0 Å². The third-order valence-electron chi connectivity index (χ3n) is 4.47. The van der Waals surface area contributed by atoms with Crippen LogP contribution in [-0.4, -0.2) is 5.91 Å². The first-order chi connectivity index (χ1) is 10.9. The zero-order chi connectivity index (χ0) is 16.6. The van der Waals surface area contributed by atoms with E-state index in [1.165, 1.54) is 22.3 Å². The Balaban J connectivity index is 2.17. The first-order valence-corrected chi connectivity index (χ1v) is 8.06. The highest BCUT2D eigenvalue weighted by atomic mass is 16.1. The summed E-state index contributed by atoms with van der Waals surface area (Å²) in [7, 11) is 0. The molecular formula is C21H23NO. The van der Waals surface area contributed by atoms with E-state index >= 15 is 0 Å². The molecule has 23 heavy (non-hydrogen) atoms. The van der Waals surface area contributed by atoms with E-state index in [1.807, 2.05) is 18.2 Å². The van der Waals surface area contributed by atoms with E-state index in [4.69, 9.17) is 0 Å². The van der Waals surface area contributed by atoms with Gasteiger partial charge in [-0.1, -0.05) is 55.8 Å². The van der Waals surface area contributed by atoms with Crippen LogP contribution in [-0.2, 0) is 4.79 Å². The third kappa shape index (κ3) is 2.94. The van der Waals surface area contributed by atoms with Gasteiger partial charge in [0.15, 0.2) is 0 Å². The number of nitrogens with one attached hydrogen (secondary N) is 1.